The Morgan fingerprint density at radius 3 is 2.38 bits per heavy atom. The van der Waals surface area contributed by atoms with Crippen LogP contribution in [-0.2, 0) is 4.79 Å². The molecule has 2 rings (SSSR count). The number of benzene rings is 2. The molecule has 2 aromatic carbocycles. The van der Waals surface area contributed by atoms with Crippen molar-refractivity contribution in [1.82, 2.24) is 5.32 Å². The van der Waals surface area contributed by atoms with E-state index in [4.69, 9.17) is 4.74 Å². The largest absolute Gasteiger partial charge is 0.484 e. The summed E-state index contributed by atoms with van der Waals surface area (Å²) in [6, 6.07) is 17.7. The summed E-state index contributed by atoms with van der Waals surface area (Å²) >= 11 is 0. The molecule has 1 amide bonds. The van der Waals surface area contributed by atoms with E-state index in [1.807, 2.05) is 61.5 Å². The summed E-state index contributed by atoms with van der Waals surface area (Å²) in [7, 11) is 0. The van der Waals surface area contributed by atoms with Gasteiger partial charge in [-0.25, -0.2) is 0 Å². The van der Waals surface area contributed by atoms with Crippen molar-refractivity contribution in [2.45, 2.75) is 26.3 Å². The standard InChI is InChI=1S/C18H21NO2/c1-3-17(15-7-5-4-6-8-15)19-18(20)13-21-16-11-9-14(2)10-12-16/h4-12,17H,3,13H2,1-2H3,(H,19,20). The highest BCUT2D eigenvalue weighted by atomic mass is 16.5. The summed E-state index contributed by atoms with van der Waals surface area (Å²) < 4.78 is 5.49. The first-order valence-electron chi connectivity index (χ1n) is 7.23. The van der Waals surface area contributed by atoms with E-state index >= 15 is 0 Å². The van der Waals surface area contributed by atoms with Crippen LogP contribution in [0.1, 0.15) is 30.5 Å². The van der Waals surface area contributed by atoms with Crippen LogP contribution in [0.2, 0.25) is 0 Å². The third-order valence-electron chi connectivity index (χ3n) is 3.34. The fraction of sp³-hybridized carbons (Fsp3) is 0.278. The van der Waals surface area contributed by atoms with E-state index in [-0.39, 0.29) is 18.6 Å². The summed E-state index contributed by atoms with van der Waals surface area (Å²) in [6.45, 7) is 4.10. The zero-order valence-corrected chi connectivity index (χ0v) is 12.5. The fourth-order valence-electron chi connectivity index (χ4n) is 2.13. The van der Waals surface area contributed by atoms with Crippen molar-refractivity contribution >= 4 is 5.91 Å². The van der Waals surface area contributed by atoms with Gasteiger partial charge in [-0.05, 0) is 31.0 Å². The van der Waals surface area contributed by atoms with E-state index in [0.29, 0.717) is 5.75 Å². The average Bonchev–Trinajstić information content (AvgIpc) is 2.53. The van der Waals surface area contributed by atoms with Crippen LogP contribution >= 0.6 is 0 Å². The van der Waals surface area contributed by atoms with Crippen molar-refractivity contribution < 1.29 is 9.53 Å². The molecule has 1 unspecified atom stereocenters. The summed E-state index contributed by atoms with van der Waals surface area (Å²) in [4.78, 5) is 12.0. The highest BCUT2D eigenvalue weighted by Crippen LogP contribution is 2.16. The first kappa shape index (κ1) is 15.1. The topological polar surface area (TPSA) is 38.3 Å². The Kier molecular flexibility index (Phi) is 5.38. The molecule has 21 heavy (non-hydrogen) atoms. The zero-order chi connectivity index (χ0) is 15.1. The van der Waals surface area contributed by atoms with Gasteiger partial charge in [0.15, 0.2) is 6.61 Å². The van der Waals surface area contributed by atoms with Gasteiger partial charge in [-0.15, -0.1) is 0 Å². The molecule has 0 radical (unpaired) electrons. The molecule has 1 N–H and O–H groups in total. The molecular weight excluding hydrogens is 262 g/mol. The van der Waals surface area contributed by atoms with Crippen molar-refractivity contribution in [1.29, 1.82) is 0 Å². The molecule has 0 saturated heterocycles. The van der Waals surface area contributed by atoms with Gasteiger partial charge in [-0.3, -0.25) is 4.79 Å². The van der Waals surface area contributed by atoms with E-state index in [2.05, 4.69) is 12.2 Å². The number of hydrogen-bond acceptors (Lipinski definition) is 2. The van der Waals surface area contributed by atoms with Crippen molar-refractivity contribution in [3.63, 3.8) is 0 Å². The van der Waals surface area contributed by atoms with Gasteiger partial charge in [0, 0.05) is 0 Å². The smallest absolute Gasteiger partial charge is 0.258 e. The Hall–Kier alpha value is -2.29. The minimum atomic E-state index is -0.105. The Morgan fingerprint density at radius 1 is 1.10 bits per heavy atom. The van der Waals surface area contributed by atoms with E-state index in [1.54, 1.807) is 0 Å². The van der Waals surface area contributed by atoms with Gasteiger partial charge in [0.2, 0.25) is 0 Å². The van der Waals surface area contributed by atoms with Crippen LogP contribution < -0.4 is 10.1 Å². The lowest BCUT2D eigenvalue weighted by Gasteiger charge is -2.17. The predicted molar refractivity (Wildman–Crippen MR) is 84.3 cm³/mol. The molecule has 0 aliphatic rings. The number of carbonyl (C=O) groups is 1. The van der Waals surface area contributed by atoms with Gasteiger partial charge >= 0.3 is 0 Å². The number of aryl methyl sites for hydroxylation is 1. The van der Waals surface area contributed by atoms with E-state index < -0.39 is 0 Å². The third-order valence-corrected chi connectivity index (χ3v) is 3.34. The molecule has 110 valence electrons. The summed E-state index contributed by atoms with van der Waals surface area (Å²) in [6.07, 6.45) is 0.848. The maximum Gasteiger partial charge on any atom is 0.258 e. The van der Waals surface area contributed by atoms with Crippen molar-refractivity contribution in [2.75, 3.05) is 6.61 Å². The van der Waals surface area contributed by atoms with Gasteiger partial charge in [-0.1, -0.05) is 55.0 Å². The molecule has 0 aromatic heterocycles. The Bertz CT molecular complexity index is 564. The number of hydrogen-bond donors (Lipinski definition) is 1. The minimum Gasteiger partial charge on any atom is -0.484 e. The number of rotatable bonds is 6. The quantitative estimate of drug-likeness (QED) is 0.879. The van der Waals surface area contributed by atoms with E-state index in [0.717, 1.165) is 12.0 Å². The van der Waals surface area contributed by atoms with Crippen molar-refractivity contribution in [2.24, 2.45) is 0 Å². The maximum absolute atomic E-state index is 12.0. The van der Waals surface area contributed by atoms with Gasteiger partial charge in [0.1, 0.15) is 5.75 Å². The normalized spacial score (nSPS) is 11.7. The number of nitrogens with one attached hydrogen (secondary N) is 1. The monoisotopic (exact) mass is 283 g/mol. The van der Waals surface area contributed by atoms with Crippen LogP contribution in [0.3, 0.4) is 0 Å². The Morgan fingerprint density at radius 2 is 1.76 bits per heavy atom. The minimum absolute atomic E-state index is 0.0281. The first-order valence-corrected chi connectivity index (χ1v) is 7.23. The molecule has 0 bridgehead atoms. The lowest BCUT2D eigenvalue weighted by Crippen LogP contribution is -2.32. The van der Waals surface area contributed by atoms with Crippen LogP contribution in [0.4, 0.5) is 0 Å². The molecule has 0 fully saturated rings. The SMILES string of the molecule is CCC(NC(=O)COc1ccc(C)cc1)c1ccccc1. The summed E-state index contributed by atoms with van der Waals surface area (Å²) in [5, 5.41) is 3.00. The number of ether oxygens (including phenoxy) is 1. The van der Waals surface area contributed by atoms with Crippen LogP contribution in [0.5, 0.6) is 5.75 Å². The van der Waals surface area contributed by atoms with E-state index in [1.165, 1.54) is 5.56 Å². The second-order valence-electron chi connectivity index (χ2n) is 5.04. The molecule has 0 aliphatic heterocycles. The van der Waals surface area contributed by atoms with Crippen molar-refractivity contribution in [3.05, 3.63) is 65.7 Å². The molecule has 0 saturated carbocycles. The molecule has 3 nitrogen and oxygen atoms in total. The third kappa shape index (κ3) is 4.63. The molecule has 0 aliphatic carbocycles. The molecule has 2 aromatic rings. The van der Waals surface area contributed by atoms with Crippen LogP contribution in [0.25, 0.3) is 0 Å². The van der Waals surface area contributed by atoms with Crippen LogP contribution in [0, 0.1) is 6.92 Å². The fourth-order valence-corrected chi connectivity index (χ4v) is 2.13. The second-order valence-corrected chi connectivity index (χ2v) is 5.04. The number of carbonyl (C=O) groups excluding carboxylic acids is 1. The number of amides is 1. The molecule has 0 heterocycles. The predicted octanol–water partition coefficient (Wildman–Crippen LogP) is 3.64. The highest BCUT2D eigenvalue weighted by molar-refractivity contribution is 5.78. The van der Waals surface area contributed by atoms with Gasteiger partial charge in [0.05, 0.1) is 6.04 Å². The molecule has 1 atom stereocenters. The van der Waals surface area contributed by atoms with Crippen molar-refractivity contribution in [3.8, 4) is 5.75 Å². The lowest BCUT2D eigenvalue weighted by atomic mass is 10.0. The maximum atomic E-state index is 12.0. The lowest BCUT2D eigenvalue weighted by molar-refractivity contribution is -0.123. The molecule has 3 heteroatoms. The highest BCUT2D eigenvalue weighted by Gasteiger charge is 2.12. The molecular formula is C18H21NO2. The van der Waals surface area contributed by atoms with Gasteiger partial charge in [0.25, 0.3) is 5.91 Å². The summed E-state index contributed by atoms with van der Waals surface area (Å²) in [5.74, 6) is 0.606. The Balaban J connectivity index is 1.87. The van der Waals surface area contributed by atoms with Crippen LogP contribution in [-0.4, -0.2) is 12.5 Å². The average molecular weight is 283 g/mol. The molecule has 0 spiro atoms. The Labute approximate surface area is 126 Å². The van der Waals surface area contributed by atoms with Gasteiger partial charge < -0.3 is 10.1 Å². The second kappa shape index (κ2) is 7.48. The van der Waals surface area contributed by atoms with Crippen LogP contribution in [0.15, 0.2) is 54.6 Å². The first-order chi connectivity index (χ1) is 10.2. The summed E-state index contributed by atoms with van der Waals surface area (Å²) in [5.41, 5.74) is 2.28. The van der Waals surface area contributed by atoms with E-state index in [9.17, 15) is 4.79 Å². The zero-order valence-electron chi connectivity index (χ0n) is 12.5. The van der Waals surface area contributed by atoms with Gasteiger partial charge in [-0.2, -0.15) is 0 Å².